The van der Waals surface area contributed by atoms with E-state index in [1.807, 2.05) is 13.8 Å². The average molecular weight is 327 g/mol. The van der Waals surface area contributed by atoms with Crippen molar-refractivity contribution in [1.29, 1.82) is 0 Å². The van der Waals surface area contributed by atoms with Gasteiger partial charge < -0.3 is 14.4 Å². The molecule has 1 aliphatic rings. The van der Waals surface area contributed by atoms with Gasteiger partial charge in [0.2, 0.25) is 0 Å². The Bertz CT molecular complexity index is 353. The Morgan fingerprint density at radius 3 is 2.26 bits per heavy atom. The van der Waals surface area contributed by atoms with Gasteiger partial charge in [0.1, 0.15) is 0 Å². The Morgan fingerprint density at radius 1 is 1.04 bits per heavy atom. The summed E-state index contributed by atoms with van der Waals surface area (Å²) in [4.78, 5) is 26.3. The molecule has 0 radical (unpaired) electrons. The number of unbranched alkanes of at least 4 members (excludes halogenated alkanes) is 1. The van der Waals surface area contributed by atoms with Gasteiger partial charge in [-0.1, -0.05) is 32.6 Å². The summed E-state index contributed by atoms with van der Waals surface area (Å²) in [6.07, 6.45) is 7.66. The minimum Gasteiger partial charge on any atom is -0.466 e. The van der Waals surface area contributed by atoms with Gasteiger partial charge in [-0.2, -0.15) is 0 Å². The first-order chi connectivity index (χ1) is 11.1. The molecule has 0 aromatic rings. The molecule has 1 aliphatic carbocycles. The third-order valence-electron chi connectivity index (χ3n) is 4.53. The highest BCUT2D eigenvalue weighted by Gasteiger charge is 2.34. The lowest BCUT2D eigenvalue weighted by molar-refractivity contribution is -0.145. The molecule has 0 N–H and O–H groups in total. The Balaban J connectivity index is 2.88. The van der Waals surface area contributed by atoms with E-state index in [1.54, 1.807) is 4.90 Å². The van der Waals surface area contributed by atoms with Gasteiger partial charge in [-0.05, 0) is 39.0 Å². The van der Waals surface area contributed by atoms with E-state index in [0.717, 1.165) is 25.7 Å². The van der Waals surface area contributed by atoms with E-state index < -0.39 is 0 Å². The maximum absolute atomic E-state index is 12.4. The third kappa shape index (κ3) is 6.80. The summed E-state index contributed by atoms with van der Waals surface area (Å²) in [5, 5.41) is 0. The molecule has 0 aromatic carbocycles. The maximum Gasteiger partial charge on any atom is 0.410 e. The molecule has 1 rings (SSSR count). The fourth-order valence-corrected chi connectivity index (χ4v) is 3.37. The van der Waals surface area contributed by atoms with Gasteiger partial charge in [-0.15, -0.1) is 0 Å². The van der Waals surface area contributed by atoms with Crippen molar-refractivity contribution in [1.82, 2.24) is 4.90 Å². The number of rotatable bonds is 9. The molecule has 0 aromatic heterocycles. The number of hydrogen-bond donors (Lipinski definition) is 0. The van der Waals surface area contributed by atoms with Crippen molar-refractivity contribution in [3.8, 4) is 0 Å². The second-order valence-corrected chi connectivity index (χ2v) is 6.22. The second kappa shape index (κ2) is 11.3. The summed E-state index contributed by atoms with van der Waals surface area (Å²) in [7, 11) is 0. The van der Waals surface area contributed by atoms with E-state index in [0.29, 0.717) is 25.7 Å². The van der Waals surface area contributed by atoms with Crippen LogP contribution in [0.15, 0.2) is 0 Å². The second-order valence-electron chi connectivity index (χ2n) is 6.22. The molecule has 1 amide bonds. The van der Waals surface area contributed by atoms with Crippen LogP contribution in [0.2, 0.25) is 0 Å². The molecule has 1 fully saturated rings. The van der Waals surface area contributed by atoms with Gasteiger partial charge in [0.15, 0.2) is 0 Å². The predicted octanol–water partition coefficient (Wildman–Crippen LogP) is 4.15. The Hall–Kier alpha value is -1.26. The van der Waals surface area contributed by atoms with Crippen molar-refractivity contribution in [2.45, 2.75) is 78.2 Å². The van der Waals surface area contributed by atoms with Crippen LogP contribution in [-0.4, -0.2) is 42.8 Å². The van der Waals surface area contributed by atoms with Gasteiger partial charge in [-0.25, -0.2) is 4.79 Å². The number of nitrogens with zero attached hydrogens (tertiary/aromatic N) is 1. The first-order valence-corrected chi connectivity index (χ1v) is 9.22. The molecule has 0 heterocycles. The smallest absolute Gasteiger partial charge is 0.410 e. The molecule has 134 valence electrons. The quantitative estimate of drug-likeness (QED) is 0.597. The molecule has 1 unspecified atom stereocenters. The molecular weight excluding hydrogens is 294 g/mol. The highest BCUT2D eigenvalue weighted by molar-refractivity contribution is 5.73. The van der Waals surface area contributed by atoms with Crippen molar-refractivity contribution >= 4 is 12.1 Å². The highest BCUT2D eigenvalue weighted by atomic mass is 16.6. The van der Waals surface area contributed by atoms with Gasteiger partial charge in [0, 0.05) is 12.6 Å². The van der Waals surface area contributed by atoms with Gasteiger partial charge in [0.05, 0.1) is 19.6 Å². The molecule has 0 aliphatic heterocycles. The van der Waals surface area contributed by atoms with Crippen LogP contribution in [0, 0.1) is 5.92 Å². The summed E-state index contributed by atoms with van der Waals surface area (Å²) in [5.74, 6) is 0.156. The number of ether oxygens (including phenoxy) is 2. The molecule has 0 bridgehead atoms. The number of esters is 1. The Morgan fingerprint density at radius 2 is 1.70 bits per heavy atom. The molecule has 23 heavy (non-hydrogen) atoms. The molecular formula is C18H33NO4. The SMILES string of the molecule is CCCCN(C(=O)OCC)C(CC(=O)OCC)C1CCCCC1. The highest BCUT2D eigenvalue weighted by Crippen LogP contribution is 2.31. The molecule has 1 saturated carbocycles. The Labute approximate surface area is 140 Å². The van der Waals surface area contributed by atoms with Crippen molar-refractivity contribution in [3.05, 3.63) is 0 Å². The lowest BCUT2D eigenvalue weighted by atomic mass is 9.82. The molecule has 5 nitrogen and oxygen atoms in total. The minimum atomic E-state index is -0.291. The fourth-order valence-electron chi connectivity index (χ4n) is 3.37. The number of amides is 1. The monoisotopic (exact) mass is 327 g/mol. The van der Waals surface area contributed by atoms with E-state index >= 15 is 0 Å². The zero-order valence-corrected chi connectivity index (χ0v) is 15.0. The summed E-state index contributed by atoms with van der Waals surface area (Å²) >= 11 is 0. The van der Waals surface area contributed by atoms with Crippen LogP contribution < -0.4 is 0 Å². The first-order valence-electron chi connectivity index (χ1n) is 9.22. The summed E-state index contributed by atoms with van der Waals surface area (Å²) < 4.78 is 10.4. The predicted molar refractivity (Wildman–Crippen MR) is 90.2 cm³/mol. The third-order valence-corrected chi connectivity index (χ3v) is 4.53. The lowest BCUT2D eigenvalue weighted by Crippen LogP contribution is -2.47. The van der Waals surface area contributed by atoms with E-state index in [4.69, 9.17) is 9.47 Å². The summed E-state index contributed by atoms with van der Waals surface area (Å²) in [6.45, 7) is 7.12. The molecule has 0 saturated heterocycles. The topological polar surface area (TPSA) is 55.8 Å². The maximum atomic E-state index is 12.4. The minimum absolute atomic E-state index is 0.0973. The summed E-state index contributed by atoms with van der Waals surface area (Å²) in [6, 6.07) is -0.0973. The van der Waals surface area contributed by atoms with Crippen LogP contribution in [0.1, 0.15) is 72.1 Å². The van der Waals surface area contributed by atoms with Crippen LogP contribution >= 0.6 is 0 Å². The fraction of sp³-hybridized carbons (Fsp3) is 0.889. The zero-order valence-electron chi connectivity index (χ0n) is 15.0. The zero-order chi connectivity index (χ0) is 17.1. The van der Waals surface area contributed by atoms with E-state index in [1.165, 1.54) is 19.3 Å². The van der Waals surface area contributed by atoms with E-state index in [-0.39, 0.29) is 24.5 Å². The number of carbonyl (C=O) groups excluding carboxylic acids is 2. The van der Waals surface area contributed by atoms with Gasteiger partial charge in [-0.3, -0.25) is 4.79 Å². The van der Waals surface area contributed by atoms with Crippen molar-refractivity contribution in [2.24, 2.45) is 5.92 Å². The first kappa shape index (κ1) is 19.8. The average Bonchev–Trinajstić information content (AvgIpc) is 2.55. The Kier molecular flexibility index (Phi) is 9.72. The van der Waals surface area contributed by atoms with Crippen LogP contribution in [0.25, 0.3) is 0 Å². The summed E-state index contributed by atoms with van der Waals surface area (Å²) in [5.41, 5.74) is 0. The van der Waals surface area contributed by atoms with Crippen LogP contribution in [0.5, 0.6) is 0 Å². The van der Waals surface area contributed by atoms with E-state index in [2.05, 4.69) is 6.92 Å². The van der Waals surface area contributed by atoms with Crippen LogP contribution in [0.4, 0.5) is 4.79 Å². The largest absolute Gasteiger partial charge is 0.466 e. The number of hydrogen-bond acceptors (Lipinski definition) is 4. The van der Waals surface area contributed by atoms with Crippen LogP contribution in [-0.2, 0) is 14.3 Å². The van der Waals surface area contributed by atoms with Gasteiger partial charge in [0.25, 0.3) is 0 Å². The lowest BCUT2D eigenvalue weighted by Gasteiger charge is -2.37. The molecule has 5 heteroatoms. The molecule has 0 spiro atoms. The van der Waals surface area contributed by atoms with E-state index in [9.17, 15) is 9.59 Å². The van der Waals surface area contributed by atoms with Crippen LogP contribution in [0.3, 0.4) is 0 Å². The van der Waals surface area contributed by atoms with Crippen molar-refractivity contribution in [3.63, 3.8) is 0 Å². The van der Waals surface area contributed by atoms with Crippen molar-refractivity contribution in [2.75, 3.05) is 19.8 Å². The van der Waals surface area contributed by atoms with Gasteiger partial charge >= 0.3 is 12.1 Å². The molecule has 1 atom stereocenters. The standard InChI is InChI=1S/C18H33NO4/c1-4-7-13-19(18(21)23-6-3)16(14-17(20)22-5-2)15-11-9-8-10-12-15/h15-16H,4-14H2,1-3H3. The number of carbonyl (C=O) groups is 2. The van der Waals surface area contributed by atoms with Crippen molar-refractivity contribution < 1.29 is 19.1 Å². The normalized spacial score (nSPS) is 16.7.